The number of rotatable bonds is 5. The molecule has 4 heteroatoms. The molecule has 1 aromatic carbocycles. The van der Waals surface area contributed by atoms with Gasteiger partial charge in [0.15, 0.2) is 0 Å². The van der Waals surface area contributed by atoms with E-state index in [1.54, 1.807) is 25.1 Å². The molecule has 1 N–H and O–H groups in total. The van der Waals surface area contributed by atoms with E-state index < -0.39 is 0 Å². The number of aliphatic hydroxyl groups is 1. The molecule has 0 saturated heterocycles. The normalized spacial score (nSPS) is 10.4. The van der Waals surface area contributed by atoms with Crippen LogP contribution in [0, 0.1) is 6.92 Å². The Morgan fingerprint density at radius 1 is 1.47 bits per heavy atom. The highest BCUT2D eigenvalue weighted by atomic mass is 16.5. The van der Waals surface area contributed by atoms with Gasteiger partial charge in [-0.25, -0.2) is 0 Å². The monoisotopic (exact) mass is 237 g/mol. The van der Waals surface area contributed by atoms with Crippen LogP contribution in [0.3, 0.4) is 0 Å². The topological polar surface area (TPSA) is 49.8 Å². The van der Waals surface area contributed by atoms with Crippen LogP contribution >= 0.6 is 0 Å². The van der Waals surface area contributed by atoms with Crippen LogP contribution in [-0.4, -0.2) is 43.2 Å². The van der Waals surface area contributed by atoms with Gasteiger partial charge >= 0.3 is 0 Å². The Morgan fingerprint density at radius 2 is 2.18 bits per heavy atom. The van der Waals surface area contributed by atoms with Gasteiger partial charge in [-0.15, -0.1) is 0 Å². The number of ether oxygens (including phenoxy) is 1. The van der Waals surface area contributed by atoms with E-state index in [0.717, 1.165) is 11.1 Å². The van der Waals surface area contributed by atoms with Crippen LogP contribution in [0.15, 0.2) is 18.2 Å². The summed E-state index contributed by atoms with van der Waals surface area (Å²) < 4.78 is 4.94. The molecule has 0 aliphatic carbocycles. The molecule has 0 aromatic heterocycles. The minimum absolute atomic E-state index is 0.0464. The highest BCUT2D eigenvalue weighted by Crippen LogP contribution is 2.13. The fraction of sp³-hybridized carbons (Fsp3) is 0.462. The molecular weight excluding hydrogens is 218 g/mol. The maximum Gasteiger partial charge on any atom is 0.253 e. The summed E-state index contributed by atoms with van der Waals surface area (Å²) in [6.45, 7) is 2.90. The highest BCUT2D eigenvalue weighted by molar-refractivity contribution is 5.95. The van der Waals surface area contributed by atoms with Crippen molar-refractivity contribution >= 4 is 5.91 Å². The number of hydrogen-bond donors (Lipinski definition) is 1. The predicted octanol–water partition coefficient (Wildman–Crippen LogP) is 1.21. The van der Waals surface area contributed by atoms with Gasteiger partial charge in [-0.05, 0) is 24.1 Å². The summed E-state index contributed by atoms with van der Waals surface area (Å²) in [6.07, 6.45) is 0. The van der Waals surface area contributed by atoms with E-state index in [-0.39, 0.29) is 12.5 Å². The van der Waals surface area contributed by atoms with Crippen molar-refractivity contribution in [2.75, 3.05) is 27.3 Å². The van der Waals surface area contributed by atoms with E-state index in [4.69, 9.17) is 9.84 Å². The summed E-state index contributed by atoms with van der Waals surface area (Å²) in [4.78, 5) is 13.7. The number of methoxy groups -OCH3 is 1. The molecule has 0 saturated carbocycles. The van der Waals surface area contributed by atoms with Crippen molar-refractivity contribution in [1.82, 2.24) is 4.90 Å². The first-order chi connectivity index (χ1) is 8.10. The molecule has 0 unspecified atom stereocenters. The molecule has 0 bridgehead atoms. The van der Waals surface area contributed by atoms with E-state index in [1.807, 2.05) is 19.1 Å². The number of nitrogens with zero attached hydrogens (tertiary/aromatic N) is 1. The zero-order valence-electron chi connectivity index (χ0n) is 10.6. The van der Waals surface area contributed by atoms with E-state index in [2.05, 4.69) is 0 Å². The second-order valence-corrected chi connectivity index (χ2v) is 4.03. The van der Waals surface area contributed by atoms with Crippen molar-refractivity contribution in [1.29, 1.82) is 0 Å². The third kappa shape index (κ3) is 3.54. The molecule has 1 amide bonds. The largest absolute Gasteiger partial charge is 0.392 e. The third-order valence-corrected chi connectivity index (χ3v) is 2.69. The minimum Gasteiger partial charge on any atom is -0.392 e. The second kappa shape index (κ2) is 6.37. The van der Waals surface area contributed by atoms with Crippen LogP contribution in [0.4, 0.5) is 0 Å². The van der Waals surface area contributed by atoms with Crippen LogP contribution < -0.4 is 0 Å². The number of carbonyl (C=O) groups excluding carboxylic acids is 1. The van der Waals surface area contributed by atoms with Crippen molar-refractivity contribution in [2.45, 2.75) is 13.5 Å². The van der Waals surface area contributed by atoms with Crippen molar-refractivity contribution < 1.29 is 14.6 Å². The Bertz CT molecular complexity index is 390. The van der Waals surface area contributed by atoms with Gasteiger partial charge < -0.3 is 14.7 Å². The lowest BCUT2D eigenvalue weighted by atomic mass is 10.0. The standard InChI is InChI=1S/C13H19NO3/c1-10-4-5-11(9-15)8-12(10)13(16)14(2)6-7-17-3/h4-5,8,15H,6-7,9H2,1-3H3. The number of hydrogen-bond acceptors (Lipinski definition) is 3. The number of carbonyl (C=O) groups is 1. The number of aliphatic hydroxyl groups excluding tert-OH is 1. The van der Waals surface area contributed by atoms with E-state index in [9.17, 15) is 4.79 Å². The maximum absolute atomic E-state index is 12.1. The molecule has 0 aliphatic heterocycles. The molecule has 1 rings (SSSR count). The van der Waals surface area contributed by atoms with Crippen LogP contribution in [0.2, 0.25) is 0 Å². The first-order valence-corrected chi connectivity index (χ1v) is 5.55. The number of benzene rings is 1. The van der Waals surface area contributed by atoms with E-state index >= 15 is 0 Å². The minimum atomic E-state index is -0.0532. The van der Waals surface area contributed by atoms with Crippen molar-refractivity contribution in [3.8, 4) is 0 Å². The smallest absolute Gasteiger partial charge is 0.253 e. The molecule has 0 heterocycles. The molecule has 17 heavy (non-hydrogen) atoms. The van der Waals surface area contributed by atoms with Crippen molar-refractivity contribution in [3.63, 3.8) is 0 Å². The fourth-order valence-electron chi connectivity index (χ4n) is 1.53. The Hall–Kier alpha value is -1.39. The molecule has 0 fully saturated rings. The first kappa shape index (κ1) is 13.7. The Labute approximate surface area is 102 Å². The van der Waals surface area contributed by atoms with Gasteiger partial charge in [0.05, 0.1) is 13.2 Å². The molecule has 0 aliphatic rings. The maximum atomic E-state index is 12.1. The van der Waals surface area contributed by atoms with Crippen LogP contribution in [0.5, 0.6) is 0 Å². The van der Waals surface area contributed by atoms with Gasteiger partial charge in [-0.1, -0.05) is 12.1 Å². The number of amides is 1. The lowest BCUT2D eigenvalue weighted by molar-refractivity contribution is 0.0743. The fourth-order valence-corrected chi connectivity index (χ4v) is 1.53. The van der Waals surface area contributed by atoms with Crippen LogP contribution in [0.25, 0.3) is 0 Å². The number of aryl methyl sites for hydroxylation is 1. The molecule has 0 atom stereocenters. The van der Waals surface area contributed by atoms with E-state index in [0.29, 0.717) is 18.7 Å². The van der Waals surface area contributed by atoms with Crippen molar-refractivity contribution in [2.24, 2.45) is 0 Å². The zero-order valence-corrected chi connectivity index (χ0v) is 10.6. The second-order valence-electron chi connectivity index (χ2n) is 4.03. The van der Waals surface area contributed by atoms with Gasteiger partial charge in [0.1, 0.15) is 0 Å². The lowest BCUT2D eigenvalue weighted by Gasteiger charge is -2.18. The van der Waals surface area contributed by atoms with Gasteiger partial charge in [0, 0.05) is 26.3 Å². The summed E-state index contributed by atoms with van der Waals surface area (Å²) in [5.41, 5.74) is 2.30. The SMILES string of the molecule is COCCN(C)C(=O)c1cc(CO)ccc1C. The van der Waals surface area contributed by atoms with Gasteiger partial charge in [-0.2, -0.15) is 0 Å². The molecule has 4 nitrogen and oxygen atoms in total. The predicted molar refractivity (Wildman–Crippen MR) is 65.9 cm³/mol. The summed E-state index contributed by atoms with van der Waals surface area (Å²) in [5.74, 6) is -0.0464. The Morgan fingerprint density at radius 3 is 2.76 bits per heavy atom. The molecule has 0 spiro atoms. The van der Waals surface area contributed by atoms with Gasteiger partial charge in [-0.3, -0.25) is 4.79 Å². The Balaban J connectivity index is 2.87. The summed E-state index contributed by atoms with van der Waals surface area (Å²) >= 11 is 0. The first-order valence-electron chi connectivity index (χ1n) is 5.55. The summed E-state index contributed by atoms with van der Waals surface area (Å²) in [6, 6.07) is 5.41. The van der Waals surface area contributed by atoms with E-state index in [1.165, 1.54) is 0 Å². The zero-order chi connectivity index (χ0) is 12.8. The average Bonchev–Trinajstić information content (AvgIpc) is 2.35. The quantitative estimate of drug-likeness (QED) is 0.837. The molecule has 94 valence electrons. The third-order valence-electron chi connectivity index (χ3n) is 2.69. The summed E-state index contributed by atoms with van der Waals surface area (Å²) in [7, 11) is 3.35. The molecule has 1 aromatic rings. The molecular formula is C13H19NO3. The molecule has 0 radical (unpaired) electrons. The summed E-state index contributed by atoms with van der Waals surface area (Å²) in [5, 5.41) is 9.07. The van der Waals surface area contributed by atoms with Crippen molar-refractivity contribution in [3.05, 3.63) is 34.9 Å². The van der Waals surface area contributed by atoms with Gasteiger partial charge in [0.2, 0.25) is 0 Å². The lowest BCUT2D eigenvalue weighted by Crippen LogP contribution is -2.30. The Kier molecular flexibility index (Phi) is 5.12. The highest BCUT2D eigenvalue weighted by Gasteiger charge is 2.14. The van der Waals surface area contributed by atoms with Crippen LogP contribution in [0.1, 0.15) is 21.5 Å². The van der Waals surface area contributed by atoms with Crippen LogP contribution in [-0.2, 0) is 11.3 Å². The number of likely N-dealkylation sites (N-methyl/N-ethyl adjacent to an activating group) is 1. The van der Waals surface area contributed by atoms with Gasteiger partial charge in [0.25, 0.3) is 5.91 Å². The average molecular weight is 237 g/mol.